The molecular weight excluding hydrogens is 246 g/mol. The highest BCUT2D eigenvalue weighted by molar-refractivity contribution is 5.67. The minimum atomic E-state index is -0.0823. The number of aromatic nitrogens is 2. The third-order valence-electron chi connectivity index (χ3n) is 3.38. The van der Waals surface area contributed by atoms with Gasteiger partial charge in [0.05, 0.1) is 23.7 Å². The smallest absolute Gasteiger partial charge is 0.0968 e. The van der Waals surface area contributed by atoms with Crippen molar-refractivity contribution in [2.75, 3.05) is 0 Å². The molecule has 0 aliphatic carbocycles. The van der Waals surface area contributed by atoms with Gasteiger partial charge in [-0.25, -0.2) is 0 Å². The van der Waals surface area contributed by atoms with E-state index in [-0.39, 0.29) is 5.54 Å². The Morgan fingerprint density at radius 3 is 2.50 bits per heavy atom. The van der Waals surface area contributed by atoms with Gasteiger partial charge in [-0.05, 0) is 40.2 Å². The van der Waals surface area contributed by atoms with E-state index in [0.29, 0.717) is 6.42 Å². The maximum Gasteiger partial charge on any atom is 0.0968 e. The monoisotopic (exact) mass is 267 g/mol. The summed E-state index contributed by atoms with van der Waals surface area (Å²) in [4.78, 5) is 0. The van der Waals surface area contributed by atoms with Crippen molar-refractivity contribution in [2.24, 2.45) is 0 Å². The van der Waals surface area contributed by atoms with Gasteiger partial charge < -0.3 is 0 Å². The van der Waals surface area contributed by atoms with E-state index >= 15 is 0 Å². The van der Waals surface area contributed by atoms with Gasteiger partial charge in [-0.15, -0.1) is 0 Å². The summed E-state index contributed by atoms with van der Waals surface area (Å²) in [5.41, 5.74) is 5.39. The Bertz CT molecular complexity index is 667. The van der Waals surface area contributed by atoms with Crippen molar-refractivity contribution >= 4 is 0 Å². The van der Waals surface area contributed by atoms with Gasteiger partial charge >= 0.3 is 0 Å². The maximum atomic E-state index is 9.03. The van der Waals surface area contributed by atoms with Crippen LogP contribution in [-0.2, 0) is 12.0 Å². The lowest BCUT2D eigenvalue weighted by atomic mass is 10.00. The normalized spacial score (nSPS) is 11.4. The molecule has 2 rings (SSSR count). The van der Waals surface area contributed by atoms with Crippen molar-refractivity contribution in [1.82, 2.24) is 9.78 Å². The topological polar surface area (TPSA) is 41.6 Å². The highest BCUT2D eigenvalue weighted by Crippen LogP contribution is 2.28. The molecule has 0 N–H and O–H groups in total. The Hall–Kier alpha value is -2.08. The number of benzene rings is 1. The second kappa shape index (κ2) is 5.13. The Morgan fingerprint density at radius 2 is 1.95 bits per heavy atom. The molecule has 0 amide bonds. The number of hydrogen-bond acceptors (Lipinski definition) is 2. The fraction of sp³-hybridized carbons (Fsp3) is 0.412. The van der Waals surface area contributed by atoms with Gasteiger partial charge in [0.1, 0.15) is 0 Å². The average molecular weight is 267 g/mol. The van der Waals surface area contributed by atoms with Gasteiger partial charge in [0, 0.05) is 17.3 Å². The lowest BCUT2D eigenvalue weighted by Gasteiger charge is -2.19. The number of rotatable bonds is 2. The summed E-state index contributed by atoms with van der Waals surface area (Å²) in [6.07, 6.45) is 2.39. The number of hydrogen-bond donors (Lipinski definition) is 0. The fourth-order valence-electron chi connectivity index (χ4n) is 2.27. The van der Waals surface area contributed by atoms with E-state index in [9.17, 15) is 0 Å². The molecule has 20 heavy (non-hydrogen) atoms. The summed E-state index contributed by atoms with van der Waals surface area (Å²) in [5.74, 6) is 0. The first-order valence-corrected chi connectivity index (χ1v) is 6.86. The van der Waals surface area contributed by atoms with Crippen LogP contribution in [0.15, 0.2) is 24.4 Å². The summed E-state index contributed by atoms with van der Waals surface area (Å²) in [6.45, 7) is 10.5. The van der Waals surface area contributed by atoms with Crippen molar-refractivity contribution in [2.45, 2.75) is 46.6 Å². The van der Waals surface area contributed by atoms with Gasteiger partial charge in [-0.2, -0.15) is 10.4 Å². The number of nitrogens with zero attached hydrogens (tertiary/aromatic N) is 3. The molecule has 104 valence electrons. The maximum absolute atomic E-state index is 9.03. The third kappa shape index (κ3) is 2.75. The van der Waals surface area contributed by atoms with E-state index < -0.39 is 0 Å². The second-order valence-electron chi connectivity index (χ2n) is 6.27. The van der Waals surface area contributed by atoms with Crippen LogP contribution in [-0.4, -0.2) is 9.78 Å². The molecule has 0 spiro atoms. The SMILES string of the molecule is Cc1ccc(-c2nn(C(C)(C)C)cc2CC#N)c(C)c1. The molecule has 0 radical (unpaired) electrons. The van der Waals surface area contributed by atoms with Gasteiger partial charge in [0.2, 0.25) is 0 Å². The van der Waals surface area contributed by atoms with E-state index in [1.165, 1.54) is 11.1 Å². The van der Waals surface area contributed by atoms with Crippen molar-refractivity contribution in [3.05, 3.63) is 41.1 Å². The van der Waals surface area contributed by atoms with Crippen LogP contribution in [0, 0.1) is 25.2 Å². The van der Waals surface area contributed by atoms with E-state index in [2.05, 4.69) is 58.9 Å². The zero-order chi connectivity index (χ0) is 14.9. The fourth-order valence-corrected chi connectivity index (χ4v) is 2.27. The predicted molar refractivity (Wildman–Crippen MR) is 81.5 cm³/mol. The van der Waals surface area contributed by atoms with Gasteiger partial charge in [0.25, 0.3) is 0 Å². The summed E-state index contributed by atoms with van der Waals surface area (Å²) < 4.78 is 1.95. The minimum Gasteiger partial charge on any atom is -0.267 e. The first-order valence-electron chi connectivity index (χ1n) is 6.86. The quantitative estimate of drug-likeness (QED) is 0.825. The lowest BCUT2D eigenvalue weighted by molar-refractivity contribution is 0.356. The highest BCUT2D eigenvalue weighted by Gasteiger charge is 2.19. The minimum absolute atomic E-state index is 0.0823. The standard InChI is InChI=1S/C17H21N3/c1-12-6-7-15(13(2)10-12)16-14(8-9-18)11-20(19-16)17(3,4)5/h6-7,10-11H,8H2,1-5H3. The van der Waals surface area contributed by atoms with Gasteiger partial charge in [0.15, 0.2) is 0 Å². The first-order chi connectivity index (χ1) is 9.32. The zero-order valence-corrected chi connectivity index (χ0v) is 12.9. The van der Waals surface area contributed by atoms with Crippen molar-refractivity contribution in [3.8, 4) is 17.3 Å². The Labute approximate surface area is 120 Å². The summed E-state index contributed by atoms with van der Waals surface area (Å²) in [6, 6.07) is 8.58. The Kier molecular flexibility index (Phi) is 3.67. The predicted octanol–water partition coefficient (Wildman–Crippen LogP) is 3.99. The molecule has 0 saturated heterocycles. The molecule has 0 unspecified atom stereocenters. The molecule has 0 aliphatic heterocycles. The van der Waals surface area contributed by atoms with Crippen molar-refractivity contribution < 1.29 is 0 Å². The van der Waals surface area contributed by atoms with Crippen LogP contribution in [0.25, 0.3) is 11.3 Å². The molecule has 0 aliphatic rings. The molecule has 1 aromatic carbocycles. The average Bonchev–Trinajstić information content (AvgIpc) is 2.73. The molecule has 1 heterocycles. The van der Waals surface area contributed by atoms with E-state index in [0.717, 1.165) is 16.8 Å². The van der Waals surface area contributed by atoms with Crippen LogP contribution in [0.1, 0.15) is 37.5 Å². The third-order valence-corrected chi connectivity index (χ3v) is 3.38. The molecule has 0 saturated carbocycles. The van der Waals surface area contributed by atoms with Crippen LogP contribution in [0.3, 0.4) is 0 Å². The molecule has 3 heteroatoms. The van der Waals surface area contributed by atoms with Gasteiger partial charge in [-0.1, -0.05) is 23.8 Å². The Morgan fingerprint density at radius 1 is 1.25 bits per heavy atom. The number of aryl methyl sites for hydroxylation is 2. The largest absolute Gasteiger partial charge is 0.267 e. The van der Waals surface area contributed by atoms with E-state index in [1.807, 2.05) is 10.9 Å². The zero-order valence-electron chi connectivity index (χ0n) is 12.9. The number of nitriles is 1. The highest BCUT2D eigenvalue weighted by atomic mass is 15.3. The second-order valence-corrected chi connectivity index (χ2v) is 6.27. The van der Waals surface area contributed by atoms with Crippen molar-refractivity contribution in [3.63, 3.8) is 0 Å². The van der Waals surface area contributed by atoms with Crippen LogP contribution in [0.2, 0.25) is 0 Å². The van der Waals surface area contributed by atoms with Crippen LogP contribution in [0.4, 0.5) is 0 Å². The van der Waals surface area contributed by atoms with E-state index in [1.54, 1.807) is 0 Å². The summed E-state index contributed by atoms with van der Waals surface area (Å²) in [7, 11) is 0. The molecule has 0 bridgehead atoms. The first kappa shape index (κ1) is 14.3. The molecule has 1 aromatic heterocycles. The van der Waals surface area contributed by atoms with Crippen LogP contribution < -0.4 is 0 Å². The molecule has 3 nitrogen and oxygen atoms in total. The lowest BCUT2D eigenvalue weighted by Crippen LogP contribution is -2.22. The molecule has 2 aromatic rings. The van der Waals surface area contributed by atoms with Crippen molar-refractivity contribution in [1.29, 1.82) is 5.26 Å². The summed E-state index contributed by atoms with van der Waals surface area (Å²) >= 11 is 0. The van der Waals surface area contributed by atoms with Crippen LogP contribution >= 0.6 is 0 Å². The molecular formula is C17H21N3. The van der Waals surface area contributed by atoms with Crippen LogP contribution in [0.5, 0.6) is 0 Å². The summed E-state index contributed by atoms with van der Waals surface area (Å²) in [5, 5.41) is 13.8. The molecule has 0 atom stereocenters. The van der Waals surface area contributed by atoms with Gasteiger partial charge in [-0.3, -0.25) is 4.68 Å². The molecule has 0 fully saturated rings. The van der Waals surface area contributed by atoms with E-state index in [4.69, 9.17) is 10.4 Å². The Balaban J connectivity index is 2.60.